The molecule has 539 valence electrons. The van der Waals surface area contributed by atoms with Gasteiger partial charge in [0.1, 0.15) is 0 Å². The first-order valence-electron chi connectivity index (χ1n) is 34.5. The average Bonchev–Trinajstić information content (AvgIpc) is 1.11. The van der Waals surface area contributed by atoms with Crippen molar-refractivity contribution in [1.82, 2.24) is 6.55 Å². The van der Waals surface area contributed by atoms with Crippen LogP contribution in [0.15, 0.2) is 171 Å². The summed E-state index contributed by atoms with van der Waals surface area (Å²) < 4.78 is 185. The van der Waals surface area contributed by atoms with Gasteiger partial charge >= 0.3 is 598 Å². The number of sulfonamides is 12. The fraction of sp³-hybridized carbons (Fsp3) is 0.333. The zero-order chi connectivity index (χ0) is 72.7. The van der Waals surface area contributed by atoms with Gasteiger partial charge in [0.15, 0.2) is 0 Å². The molecule has 0 saturated carbocycles. The van der Waals surface area contributed by atoms with Crippen molar-refractivity contribution in [3.8, 4) is 0 Å². The number of rotatable bonds is 20. The van der Waals surface area contributed by atoms with E-state index < -0.39 is 92.3 Å². The summed E-state index contributed by atoms with van der Waals surface area (Å²) in [4.78, 5) is 30.7. The van der Waals surface area contributed by atoms with Crippen LogP contribution in [0, 0.1) is 0 Å². The maximum atomic E-state index is 15.5. The second kappa shape index (κ2) is 23.4. The number of hydrogen-bond donors (Lipinski definition) is 0. The van der Waals surface area contributed by atoms with Crippen LogP contribution in [0.3, 0.4) is 0 Å². The van der Waals surface area contributed by atoms with Gasteiger partial charge in [-0.1, -0.05) is 0 Å². The Morgan fingerprint density at radius 1 is 0.304 bits per heavy atom. The SMILES string of the molecule is CC[N+](CC)(CC)S(=O)([O-])([O-])c1cccc2cc3c(cc12)C1=NC3=Nc2c3cc4c(S(=O)([O-])([O-])[N+](CC)(CC)CC)cccc4cc3c3[n]2[Ga][n]2c(c4cc5cccc(S(=O)([O-])([O-])[N+](CC)(CC)CC)c5cc4c2=NC2=NC(=N3)c3cc4c(S(=O)([O-])([O-])[N+](CC)(CC)CC)cccc4cc32)=N1.O. The third-order valence-corrected chi connectivity index (χ3v) is 39.1. The molecule has 8 aromatic carbocycles. The molecule has 2 aromatic heterocycles. The zero-order valence-electron chi connectivity index (χ0n) is 59.0. The molecule has 2 N–H and O–H groups in total. The summed E-state index contributed by atoms with van der Waals surface area (Å²) in [5.41, 5.74) is 1.68. The molecule has 0 aliphatic carbocycles. The quantitative estimate of drug-likeness (QED) is 0.0509. The van der Waals surface area contributed by atoms with E-state index in [4.69, 9.17) is 30.0 Å². The van der Waals surface area contributed by atoms with Crippen LogP contribution in [0.4, 0.5) is 11.6 Å². The van der Waals surface area contributed by atoms with E-state index in [1.807, 2.05) is 6.55 Å². The number of aromatic nitrogens is 2. The third-order valence-electron chi connectivity index (χ3n) is 23.3. The molecule has 1 radical (unpaired) electrons. The standard InChI is InChI=1S/C72H86N12O12S4.Ga.H2O/c1-13-81(14-2,15-3)97(85,86,87)61-33-25-29-45-37-53-57(41-49(45)61)69-73-65(53)78-70-59-43-51-47(31-27-35-63(51)99(91,92,93)83(19-7,20-8)21-9)39-55(59)67(75-70)80-72-60-44-52-48(32-28-36-64(52)100(94,95,96)84(22-10,23-11)24-12)40-56(60)68(76-72)79-71-58-42-50-46(38-54(58)66(74-71)77-69)30-26-34-62(50)98(88,89,90)82(16-4,17-5)18-6;;/h25-44H,13-24H2,1-12H3,(H6-4,73,74,75,76,77,78,79,80,85,86,87,88,89,90,91,92,93,94,95,96);;1H2/q;+2;/p-6. The minimum absolute atomic E-state index is 0. The Morgan fingerprint density at radius 2 is 0.549 bits per heavy atom. The molecular formula is C72H82GaN12O13S4-4. The van der Waals surface area contributed by atoms with Gasteiger partial charge in [0.25, 0.3) is 0 Å². The van der Waals surface area contributed by atoms with Crippen LogP contribution in [0.2, 0.25) is 0 Å². The van der Waals surface area contributed by atoms with Crippen molar-refractivity contribution in [3.05, 3.63) is 155 Å². The van der Waals surface area contributed by atoms with Crippen molar-refractivity contribution in [2.24, 2.45) is 30.0 Å². The maximum Gasteiger partial charge on any atom is -0.412 e. The van der Waals surface area contributed by atoms with E-state index >= 15 is 53.3 Å². The molecule has 4 aliphatic rings. The van der Waals surface area contributed by atoms with Crippen LogP contribution in [-0.2, 0) is 39.3 Å². The Morgan fingerprint density at radius 3 is 0.863 bits per heavy atom. The number of quaternary nitrogens is 4. The predicted octanol–water partition coefficient (Wildman–Crippen LogP) is 9.18. The normalized spacial score (nSPS) is 16.5. The molecule has 6 bridgehead atoms. The first-order valence-corrected chi connectivity index (χ1v) is 43.8. The molecule has 25 nitrogen and oxygen atoms in total. The zero-order valence-corrected chi connectivity index (χ0v) is 64.7. The van der Waals surface area contributed by atoms with Gasteiger partial charge in [-0.05, 0) is 0 Å². The second-order valence-corrected chi connectivity index (χ2v) is 40.4. The first kappa shape index (κ1) is 73.2. The van der Waals surface area contributed by atoms with E-state index in [1.54, 1.807) is 156 Å². The summed E-state index contributed by atoms with van der Waals surface area (Å²) in [5.74, 6) is 0.593. The summed E-state index contributed by atoms with van der Waals surface area (Å²) in [7, 11) is -25.4. The molecule has 0 amide bonds. The van der Waals surface area contributed by atoms with Gasteiger partial charge in [0, 0.05) is 0 Å². The Bertz CT molecular complexity index is 5910. The van der Waals surface area contributed by atoms with Crippen molar-refractivity contribution in [2.45, 2.75) is 103 Å². The summed E-state index contributed by atoms with van der Waals surface area (Å²) >= 11 is -2.69. The van der Waals surface area contributed by atoms with Crippen LogP contribution >= 0.6 is 0 Å². The van der Waals surface area contributed by atoms with Gasteiger partial charge in [-0.15, -0.1) is 0 Å². The van der Waals surface area contributed by atoms with Gasteiger partial charge in [-0.25, -0.2) is 0 Å². The van der Waals surface area contributed by atoms with Crippen LogP contribution in [0.25, 0.3) is 64.6 Å². The van der Waals surface area contributed by atoms with E-state index in [0.717, 1.165) is 0 Å². The van der Waals surface area contributed by atoms with Gasteiger partial charge in [0.2, 0.25) is 0 Å². The fourth-order valence-corrected chi connectivity index (χ4v) is 30.2. The first-order chi connectivity index (χ1) is 47.5. The van der Waals surface area contributed by atoms with E-state index in [-0.39, 0.29) is 163 Å². The molecule has 4 aliphatic heterocycles. The topological polar surface area (TPSA) is 368 Å². The number of hydrogen-bond acceptors (Lipinski definition) is 18. The summed E-state index contributed by atoms with van der Waals surface area (Å²) in [6, 6.07) is 31.5. The smallest absolute Gasteiger partial charge is 0.412 e. The fourth-order valence-electron chi connectivity index (χ4n) is 16.7. The van der Waals surface area contributed by atoms with Crippen molar-refractivity contribution in [1.29, 1.82) is 0 Å². The Labute approximate surface area is 599 Å². The molecule has 14 rings (SSSR count). The molecule has 0 unspecified atom stereocenters. The van der Waals surface area contributed by atoms with Crippen molar-refractivity contribution < 1.29 is 74.3 Å². The molecule has 0 saturated heterocycles. The summed E-state index contributed by atoms with van der Waals surface area (Å²) in [5, 5.41) is 3.20. The molecule has 0 fully saturated rings. The molecule has 30 heteroatoms. The number of aliphatic imine (C=N–C) groups is 4. The van der Waals surface area contributed by atoms with E-state index in [9.17, 15) is 0 Å². The molecular weight excluding hydrogens is 1440 g/mol. The van der Waals surface area contributed by atoms with Crippen molar-refractivity contribution >= 4 is 157 Å². The molecule has 0 spiro atoms. The largest absolute Gasteiger partial charge is 0.412 e. The van der Waals surface area contributed by atoms with Crippen LogP contribution in [0.5, 0.6) is 0 Å². The van der Waals surface area contributed by atoms with E-state index in [2.05, 4.69) is 0 Å². The van der Waals surface area contributed by atoms with Crippen LogP contribution < -0.4 is 11.0 Å². The van der Waals surface area contributed by atoms with Crippen LogP contribution in [0.1, 0.15) is 105 Å². The van der Waals surface area contributed by atoms with E-state index in [0.29, 0.717) is 54.2 Å². The molecule has 0 atom stereocenters. The molecule has 10 aromatic rings. The van der Waals surface area contributed by atoms with E-state index in [1.165, 1.54) is 48.5 Å². The Hall–Kier alpha value is -7.12. The van der Waals surface area contributed by atoms with Gasteiger partial charge in [-0.3, -0.25) is 0 Å². The molecule has 6 heterocycles. The van der Waals surface area contributed by atoms with Crippen LogP contribution in [-0.4, -0.2) is 201 Å². The number of benzene rings is 8. The van der Waals surface area contributed by atoms with Gasteiger partial charge in [-0.2, -0.15) is 0 Å². The van der Waals surface area contributed by atoms with Gasteiger partial charge in [0.05, 0.1) is 0 Å². The second-order valence-electron chi connectivity index (χ2n) is 26.7. The number of nitrogens with zero attached hydrogens (tertiary/aromatic N) is 12. The summed E-state index contributed by atoms with van der Waals surface area (Å²) in [6.07, 6.45) is 0. The number of fused-ring (bicyclic) bond motifs is 18. The minimum atomic E-state index is -6.37. The number of amidine groups is 4. The predicted molar refractivity (Wildman–Crippen MR) is 394 cm³/mol. The van der Waals surface area contributed by atoms with Crippen molar-refractivity contribution in [2.75, 3.05) is 78.5 Å². The van der Waals surface area contributed by atoms with Crippen molar-refractivity contribution in [3.63, 3.8) is 0 Å². The average molecular weight is 1520 g/mol. The summed E-state index contributed by atoms with van der Waals surface area (Å²) in [6.45, 7) is 19.7. The minimum Gasteiger partial charge on any atom is -0.412 e. The van der Waals surface area contributed by atoms with Gasteiger partial charge < -0.3 is 5.48 Å². The Balaban J connectivity index is 0.00000928. The third kappa shape index (κ3) is 9.39. The maximum absolute atomic E-state index is 15.5. The molecule has 102 heavy (non-hydrogen) atoms. The Kier molecular flexibility index (Phi) is 16.8. The monoisotopic (exact) mass is 1520 g/mol.